The number of fused-ring (bicyclic) bond motifs is 1. The molecule has 5 rings (SSSR count). The minimum absolute atomic E-state index is 0.323. The number of thiazole rings is 1. The Labute approximate surface area is 223 Å². The zero-order valence-electron chi connectivity index (χ0n) is 21.1. The fourth-order valence-electron chi connectivity index (χ4n) is 4.42. The van der Waals surface area contributed by atoms with Crippen molar-refractivity contribution in [2.45, 2.75) is 26.7 Å². The van der Waals surface area contributed by atoms with E-state index >= 15 is 0 Å². The zero-order chi connectivity index (χ0) is 26.9. The molecule has 1 fully saturated rings. The van der Waals surface area contributed by atoms with Crippen molar-refractivity contribution >= 4 is 50.3 Å². The summed E-state index contributed by atoms with van der Waals surface area (Å²) in [6.45, 7) is 5.30. The van der Waals surface area contributed by atoms with Gasteiger partial charge in [0.15, 0.2) is 5.13 Å². The first-order valence-corrected chi connectivity index (χ1v) is 13.1. The number of rotatable bonds is 6. The van der Waals surface area contributed by atoms with Crippen LogP contribution in [-0.4, -0.2) is 56.7 Å². The number of carbonyl (C=O) groups excluding carboxylic acids is 1. The first kappa shape index (κ1) is 25.3. The number of nitrogens with one attached hydrogen (secondary N) is 2. The number of nitrogen functional groups attached to an aromatic ring is 1. The van der Waals surface area contributed by atoms with E-state index in [9.17, 15) is 14.7 Å². The maximum atomic E-state index is 12.1. The highest BCUT2D eigenvalue weighted by atomic mass is 32.1. The van der Waals surface area contributed by atoms with E-state index in [-0.39, 0.29) is 6.03 Å². The summed E-state index contributed by atoms with van der Waals surface area (Å²) in [5, 5.41) is 15.4. The van der Waals surface area contributed by atoms with Gasteiger partial charge in [-0.3, -0.25) is 15.1 Å². The van der Waals surface area contributed by atoms with Gasteiger partial charge in [-0.1, -0.05) is 11.3 Å². The number of carbonyl (C=O) groups is 2. The number of amides is 2. The Morgan fingerprint density at radius 1 is 1.16 bits per heavy atom. The molecule has 196 valence electrons. The molecule has 5 N–H and O–H groups in total. The number of piperidine rings is 1. The van der Waals surface area contributed by atoms with Gasteiger partial charge in [0, 0.05) is 49.4 Å². The maximum Gasteiger partial charge on any atom is 0.321 e. The highest BCUT2D eigenvalue weighted by molar-refractivity contribution is 7.22. The Hall–Kier alpha value is -4.32. The molecule has 1 aliphatic heterocycles. The lowest BCUT2D eigenvalue weighted by Crippen LogP contribution is -2.43. The molecule has 38 heavy (non-hydrogen) atoms. The quantitative estimate of drug-likeness (QED) is 0.285. The van der Waals surface area contributed by atoms with Crippen molar-refractivity contribution < 1.29 is 14.7 Å². The minimum Gasteiger partial charge on any atom is -0.481 e. The molecule has 2 amide bonds. The zero-order valence-corrected chi connectivity index (χ0v) is 21.9. The average Bonchev–Trinajstić information content (AvgIpc) is 3.31. The van der Waals surface area contributed by atoms with Crippen LogP contribution in [0.5, 0.6) is 0 Å². The van der Waals surface area contributed by atoms with Gasteiger partial charge in [0.1, 0.15) is 0 Å². The van der Waals surface area contributed by atoms with Crippen molar-refractivity contribution in [3.05, 3.63) is 42.9 Å². The van der Waals surface area contributed by atoms with E-state index < -0.39 is 11.4 Å². The molecule has 12 heteroatoms. The lowest BCUT2D eigenvalue weighted by Gasteiger charge is -2.36. The molecular weight excluding hydrogens is 504 g/mol. The number of carboxylic acids is 1. The normalized spacial score (nSPS) is 14.8. The maximum absolute atomic E-state index is 12.1. The van der Waals surface area contributed by atoms with Crippen molar-refractivity contribution in [3.63, 3.8) is 0 Å². The molecule has 4 heterocycles. The summed E-state index contributed by atoms with van der Waals surface area (Å²) < 4.78 is 0.846. The van der Waals surface area contributed by atoms with Gasteiger partial charge >= 0.3 is 12.0 Å². The SMILES string of the molecule is CCNC(=O)Nc1nc2cc(-c3cnc(N4CCC(C)(C(=O)O)CC4)nc3)cc(-c3ncccc3N)c2s1. The van der Waals surface area contributed by atoms with E-state index in [0.29, 0.717) is 60.5 Å². The topological polar surface area (TPSA) is 159 Å². The van der Waals surface area contributed by atoms with Gasteiger partial charge in [0.25, 0.3) is 0 Å². The number of aliphatic carboxylic acids is 1. The molecule has 1 aromatic carbocycles. The number of nitrogens with two attached hydrogens (primary N) is 1. The molecule has 0 atom stereocenters. The van der Waals surface area contributed by atoms with Crippen LogP contribution in [0.4, 0.5) is 21.6 Å². The second kappa shape index (κ2) is 10.2. The van der Waals surface area contributed by atoms with E-state index in [1.807, 2.05) is 24.0 Å². The second-order valence-corrected chi connectivity index (χ2v) is 10.4. The number of pyridine rings is 1. The number of hydrogen-bond acceptors (Lipinski definition) is 9. The lowest BCUT2D eigenvalue weighted by molar-refractivity contribution is -0.149. The molecule has 0 radical (unpaired) electrons. The molecule has 0 spiro atoms. The molecule has 0 bridgehead atoms. The monoisotopic (exact) mass is 532 g/mol. The van der Waals surface area contributed by atoms with Crippen molar-refractivity contribution in [2.75, 3.05) is 35.6 Å². The molecule has 3 aromatic heterocycles. The predicted octanol–water partition coefficient (Wildman–Crippen LogP) is 4.23. The Morgan fingerprint density at radius 2 is 1.89 bits per heavy atom. The summed E-state index contributed by atoms with van der Waals surface area (Å²) in [5.41, 5.74) is 9.81. The van der Waals surface area contributed by atoms with Crippen molar-refractivity contribution in [1.29, 1.82) is 0 Å². The number of anilines is 3. The van der Waals surface area contributed by atoms with E-state index in [1.165, 1.54) is 11.3 Å². The molecule has 1 aliphatic rings. The summed E-state index contributed by atoms with van der Waals surface area (Å²) in [5.74, 6) is -0.196. The Kier molecular flexibility index (Phi) is 6.81. The molecule has 1 saturated heterocycles. The third-order valence-corrected chi connectivity index (χ3v) is 7.80. The van der Waals surface area contributed by atoms with Gasteiger partial charge in [0.2, 0.25) is 5.95 Å². The van der Waals surface area contributed by atoms with Gasteiger partial charge < -0.3 is 21.1 Å². The van der Waals surface area contributed by atoms with E-state index in [4.69, 9.17) is 5.73 Å². The third kappa shape index (κ3) is 4.94. The fraction of sp³-hybridized carbons (Fsp3) is 0.308. The summed E-state index contributed by atoms with van der Waals surface area (Å²) in [4.78, 5) is 44.0. The van der Waals surface area contributed by atoms with Crippen LogP contribution >= 0.6 is 11.3 Å². The fourth-order valence-corrected chi connectivity index (χ4v) is 5.38. The number of aromatic nitrogens is 4. The number of benzene rings is 1. The summed E-state index contributed by atoms with van der Waals surface area (Å²) in [6, 6.07) is 7.15. The third-order valence-electron chi connectivity index (χ3n) is 6.78. The van der Waals surface area contributed by atoms with Gasteiger partial charge in [-0.2, -0.15) is 0 Å². The highest BCUT2D eigenvalue weighted by Gasteiger charge is 2.37. The van der Waals surface area contributed by atoms with Crippen molar-refractivity contribution in [2.24, 2.45) is 5.41 Å². The molecular formula is C26H28N8O3S. The minimum atomic E-state index is -0.764. The Bertz CT molecular complexity index is 1500. The summed E-state index contributed by atoms with van der Waals surface area (Å²) in [7, 11) is 0. The van der Waals surface area contributed by atoms with Crippen molar-refractivity contribution in [3.8, 4) is 22.4 Å². The molecule has 0 aliphatic carbocycles. The van der Waals surface area contributed by atoms with Crippen LogP contribution in [0, 0.1) is 5.41 Å². The van der Waals surface area contributed by atoms with Gasteiger partial charge in [-0.25, -0.2) is 19.7 Å². The van der Waals surface area contributed by atoms with Crippen LogP contribution < -0.4 is 21.3 Å². The van der Waals surface area contributed by atoms with Crippen LogP contribution in [0.25, 0.3) is 32.6 Å². The number of nitrogens with zero attached hydrogens (tertiary/aromatic N) is 5. The molecule has 0 saturated carbocycles. The van der Waals surface area contributed by atoms with Crippen LogP contribution in [0.3, 0.4) is 0 Å². The number of hydrogen-bond donors (Lipinski definition) is 4. The van der Waals surface area contributed by atoms with Crippen LogP contribution in [0.1, 0.15) is 26.7 Å². The van der Waals surface area contributed by atoms with Gasteiger partial charge in [-0.05, 0) is 56.5 Å². The van der Waals surface area contributed by atoms with Crippen LogP contribution in [0.2, 0.25) is 0 Å². The lowest BCUT2D eigenvalue weighted by atomic mass is 9.80. The molecule has 11 nitrogen and oxygen atoms in total. The largest absolute Gasteiger partial charge is 0.481 e. The summed E-state index contributed by atoms with van der Waals surface area (Å²) >= 11 is 1.35. The van der Waals surface area contributed by atoms with Gasteiger partial charge in [0.05, 0.1) is 27.0 Å². The van der Waals surface area contributed by atoms with Gasteiger partial charge in [-0.15, -0.1) is 0 Å². The van der Waals surface area contributed by atoms with E-state index in [0.717, 1.165) is 21.4 Å². The highest BCUT2D eigenvalue weighted by Crippen LogP contribution is 2.40. The van der Waals surface area contributed by atoms with E-state index in [1.54, 1.807) is 37.6 Å². The average molecular weight is 533 g/mol. The number of carboxylic acid groups (broad SMARTS) is 1. The number of urea groups is 1. The standard InChI is InChI=1S/C26H28N8O3S/c1-3-28-24(37)33-25-32-19-12-15(11-17(21(19)38-25)20-18(27)5-4-8-29-20)16-13-30-23(31-14-16)34-9-6-26(2,7-10-34)22(35)36/h4-5,8,11-14H,3,6-7,9-10,27H2,1-2H3,(H,35,36)(H2,28,32,33,37). The van der Waals surface area contributed by atoms with Crippen molar-refractivity contribution in [1.82, 2.24) is 25.3 Å². The molecule has 0 unspecified atom stereocenters. The first-order valence-electron chi connectivity index (χ1n) is 12.3. The Balaban J connectivity index is 1.49. The second-order valence-electron chi connectivity index (χ2n) is 9.44. The summed E-state index contributed by atoms with van der Waals surface area (Å²) in [6.07, 6.45) is 6.26. The smallest absolute Gasteiger partial charge is 0.321 e. The molecule has 4 aromatic rings. The first-order chi connectivity index (χ1) is 18.3. The van der Waals surface area contributed by atoms with E-state index in [2.05, 4.69) is 30.6 Å². The Morgan fingerprint density at radius 3 is 2.55 bits per heavy atom. The predicted molar refractivity (Wildman–Crippen MR) is 148 cm³/mol. The van der Waals surface area contributed by atoms with Crippen LogP contribution in [0.15, 0.2) is 42.9 Å². The van der Waals surface area contributed by atoms with Crippen LogP contribution in [-0.2, 0) is 4.79 Å².